The first kappa shape index (κ1) is 6.17. The van der Waals surface area contributed by atoms with Gasteiger partial charge in [0.15, 0.2) is 0 Å². The Balaban J connectivity index is 3.49. The summed E-state index contributed by atoms with van der Waals surface area (Å²) < 4.78 is 0. The summed E-state index contributed by atoms with van der Waals surface area (Å²) in [5.74, 6) is 0.0509. The molecule has 3 N–H and O–H groups in total. The molecule has 0 fully saturated rings. The van der Waals surface area contributed by atoms with Crippen molar-refractivity contribution in [2.75, 3.05) is 6.54 Å². The average Bonchev–Trinajstić information content (AvgIpc) is 1.68. The highest BCUT2D eigenvalue weighted by atomic mass is 16.3. The van der Waals surface area contributed by atoms with E-state index < -0.39 is 0 Å². The normalized spacial score (nSPS) is 11.3. The number of aliphatic hydroxyl groups is 1. The largest absolute Gasteiger partial charge is 0.509 e. The monoisotopic (exact) mass is 100 g/mol. The average molecular weight is 100 g/mol. The fraction of sp³-hybridized carbons (Fsp3) is 0.250. The smallest absolute Gasteiger partial charge is 0.124 e. The van der Waals surface area contributed by atoms with Crippen LogP contribution in [0.4, 0.5) is 0 Å². The predicted octanol–water partition coefficient (Wildman–Crippen LogP) is 0.0451. The van der Waals surface area contributed by atoms with Crippen molar-refractivity contribution in [3.63, 3.8) is 0 Å². The number of aliphatic imine (C=N–C) groups is 1. The molecule has 0 bridgehead atoms. The van der Waals surface area contributed by atoms with Crippen LogP contribution >= 0.6 is 0 Å². The molecule has 0 unspecified atom stereocenters. The van der Waals surface area contributed by atoms with Crippen molar-refractivity contribution in [3.05, 3.63) is 12.0 Å². The van der Waals surface area contributed by atoms with Gasteiger partial charge in [0, 0.05) is 0 Å². The summed E-state index contributed by atoms with van der Waals surface area (Å²) in [6, 6.07) is 0. The second-order valence-electron chi connectivity index (χ2n) is 1.01. The van der Waals surface area contributed by atoms with Crippen LogP contribution in [0.2, 0.25) is 0 Å². The molecule has 0 heterocycles. The Morgan fingerprint density at radius 3 is 2.71 bits per heavy atom. The maximum atomic E-state index is 8.46. The van der Waals surface area contributed by atoms with Crippen LogP contribution in [0.25, 0.3) is 0 Å². The topological polar surface area (TPSA) is 58.6 Å². The van der Waals surface area contributed by atoms with Crippen molar-refractivity contribution in [2.24, 2.45) is 10.7 Å². The van der Waals surface area contributed by atoms with Gasteiger partial charge in [-0.05, 0) is 6.72 Å². The van der Waals surface area contributed by atoms with Crippen LogP contribution in [-0.4, -0.2) is 18.4 Å². The first-order chi connectivity index (χ1) is 3.31. The lowest BCUT2D eigenvalue weighted by atomic mass is 10.5. The highest BCUT2D eigenvalue weighted by Crippen LogP contribution is 1.80. The fourth-order valence-electron chi connectivity index (χ4n) is 0.158. The molecule has 0 amide bonds. The van der Waals surface area contributed by atoms with E-state index >= 15 is 0 Å². The minimum atomic E-state index is 0.0509. The fourth-order valence-corrected chi connectivity index (χ4v) is 0.158. The second-order valence-corrected chi connectivity index (χ2v) is 1.01. The minimum absolute atomic E-state index is 0.0509. The maximum Gasteiger partial charge on any atom is 0.124 e. The van der Waals surface area contributed by atoms with E-state index in [1.54, 1.807) is 0 Å². The second kappa shape index (κ2) is 3.36. The van der Waals surface area contributed by atoms with E-state index in [1.807, 2.05) is 0 Å². The molecule has 3 heteroatoms. The van der Waals surface area contributed by atoms with E-state index in [-0.39, 0.29) is 12.3 Å². The lowest BCUT2D eigenvalue weighted by Crippen LogP contribution is -2.00. The van der Waals surface area contributed by atoms with Gasteiger partial charge in [0.05, 0.1) is 12.7 Å². The van der Waals surface area contributed by atoms with Gasteiger partial charge in [-0.15, -0.1) is 0 Å². The molecule has 0 atom stereocenters. The van der Waals surface area contributed by atoms with E-state index in [0.717, 1.165) is 0 Å². The molecule has 0 aromatic rings. The van der Waals surface area contributed by atoms with Crippen LogP contribution in [0.3, 0.4) is 0 Å². The highest BCUT2D eigenvalue weighted by Gasteiger charge is 1.79. The number of rotatable bonds is 2. The first-order valence-electron chi connectivity index (χ1n) is 1.85. The molecule has 0 saturated carbocycles. The summed E-state index contributed by atoms with van der Waals surface area (Å²) in [6.07, 6.45) is 1.21. The van der Waals surface area contributed by atoms with Gasteiger partial charge in [0.1, 0.15) is 5.76 Å². The standard InChI is InChI=1S/C4H8N2O/c1-6-3-4(7)2-5/h3,7H,1-2,5H2/b4-3-. The Kier molecular flexibility index (Phi) is 2.96. The molecule has 0 aliphatic heterocycles. The van der Waals surface area contributed by atoms with Crippen molar-refractivity contribution < 1.29 is 5.11 Å². The SMILES string of the molecule is C=N/C=C(\O)CN. The van der Waals surface area contributed by atoms with E-state index in [4.69, 9.17) is 10.8 Å². The Bertz CT molecular complexity index is 87.7. The third kappa shape index (κ3) is 2.99. The van der Waals surface area contributed by atoms with Gasteiger partial charge in [0.25, 0.3) is 0 Å². The van der Waals surface area contributed by atoms with Crippen molar-refractivity contribution in [3.8, 4) is 0 Å². The van der Waals surface area contributed by atoms with E-state index in [1.165, 1.54) is 6.20 Å². The van der Waals surface area contributed by atoms with Crippen molar-refractivity contribution >= 4 is 6.72 Å². The zero-order chi connectivity index (χ0) is 5.70. The van der Waals surface area contributed by atoms with E-state index in [2.05, 4.69) is 11.7 Å². The molecule has 0 aliphatic carbocycles. The lowest BCUT2D eigenvalue weighted by Gasteiger charge is -1.85. The Morgan fingerprint density at radius 1 is 2.00 bits per heavy atom. The zero-order valence-electron chi connectivity index (χ0n) is 3.96. The lowest BCUT2D eigenvalue weighted by molar-refractivity contribution is 0.402. The van der Waals surface area contributed by atoms with Gasteiger partial charge in [-0.1, -0.05) is 0 Å². The molecule has 0 aliphatic rings. The molecule has 40 valence electrons. The van der Waals surface area contributed by atoms with E-state index in [9.17, 15) is 0 Å². The number of nitrogens with zero attached hydrogens (tertiary/aromatic N) is 1. The van der Waals surface area contributed by atoms with Crippen LogP contribution in [0, 0.1) is 0 Å². The minimum Gasteiger partial charge on any atom is -0.509 e. The molecule has 7 heavy (non-hydrogen) atoms. The van der Waals surface area contributed by atoms with Crippen LogP contribution in [0.5, 0.6) is 0 Å². The summed E-state index contributed by atoms with van der Waals surface area (Å²) in [6.45, 7) is 3.23. The Labute approximate surface area is 42.2 Å². The third-order valence-corrected chi connectivity index (χ3v) is 0.449. The van der Waals surface area contributed by atoms with Gasteiger partial charge >= 0.3 is 0 Å². The molecule has 0 aromatic heterocycles. The van der Waals surface area contributed by atoms with Gasteiger partial charge in [-0.25, -0.2) is 0 Å². The predicted molar refractivity (Wildman–Crippen MR) is 29.3 cm³/mol. The summed E-state index contributed by atoms with van der Waals surface area (Å²) in [4.78, 5) is 3.26. The molecule has 0 rings (SSSR count). The van der Waals surface area contributed by atoms with Crippen molar-refractivity contribution in [1.29, 1.82) is 0 Å². The summed E-state index contributed by atoms with van der Waals surface area (Å²) in [5, 5.41) is 8.46. The van der Waals surface area contributed by atoms with Gasteiger partial charge in [-0.3, -0.25) is 4.99 Å². The summed E-state index contributed by atoms with van der Waals surface area (Å²) in [7, 11) is 0. The third-order valence-electron chi connectivity index (χ3n) is 0.449. The Hall–Kier alpha value is -0.830. The van der Waals surface area contributed by atoms with Crippen LogP contribution in [0.15, 0.2) is 17.0 Å². The maximum absolute atomic E-state index is 8.46. The zero-order valence-corrected chi connectivity index (χ0v) is 3.96. The molecule has 0 aromatic carbocycles. The molecular weight excluding hydrogens is 92.1 g/mol. The molecule has 3 nitrogen and oxygen atoms in total. The van der Waals surface area contributed by atoms with Gasteiger partial charge in [0.2, 0.25) is 0 Å². The van der Waals surface area contributed by atoms with Crippen molar-refractivity contribution in [1.82, 2.24) is 0 Å². The summed E-state index contributed by atoms with van der Waals surface area (Å²) in [5.41, 5.74) is 4.95. The molecule has 0 radical (unpaired) electrons. The number of aliphatic hydroxyl groups excluding tert-OH is 1. The van der Waals surface area contributed by atoms with Crippen LogP contribution in [-0.2, 0) is 0 Å². The van der Waals surface area contributed by atoms with Gasteiger partial charge < -0.3 is 10.8 Å². The number of hydrogen-bond donors (Lipinski definition) is 2. The van der Waals surface area contributed by atoms with Gasteiger partial charge in [-0.2, -0.15) is 0 Å². The quantitative estimate of drug-likeness (QED) is 0.380. The van der Waals surface area contributed by atoms with E-state index in [0.29, 0.717) is 0 Å². The number of hydrogen-bond acceptors (Lipinski definition) is 3. The molecule has 0 spiro atoms. The molecular formula is C4H8N2O. The Morgan fingerprint density at radius 2 is 2.57 bits per heavy atom. The highest BCUT2D eigenvalue weighted by molar-refractivity contribution is 5.25. The number of nitrogens with two attached hydrogens (primary N) is 1. The van der Waals surface area contributed by atoms with Crippen LogP contribution < -0.4 is 5.73 Å². The van der Waals surface area contributed by atoms with Crippen LogP contribution in [0.1, 0.15) is 0 Å². The molecule has 0 saturated heterocycles. The van der Waals surface area contributed by atoms with Crippen molar-refractivity contribution in [2.45, 2.75) is 0 Å². The summed E-state index contributed by atoms with van der Waals surface area (Å²) >= 11 is 0. The first-order valence-corrected chi connectivity index (χ1v) is 1.85.